The van der Waals surface area contributed by atoms with Gasteiger partial charge in [-0.25, -0.2) is 0 Å². The van der Waals surface area contributed by atoms with Crippen molar-refractivity contribution >= 4 is 5.57 Å². The monoisotopic (exact) mass is 189 g/mol. The molecule has 0 saturated carbocycles. The predicted molar refractivity (Wildman–Crippen MR) is 63.4 cm³/mol. The average molecular weight is 189 g/mol. The van der Waals surface area contributed by atoms with E-state index in [9.17, 15) is 0 Å². The fraction of sp³-hybridized carbons (Fsp3) is 0.385. The molecule has 0 atom stereocenters. The van der Waals surface area contributed by atoms with Crippen LogP contribution in [0.25, 0.3) is 5.57 Å². The normalized spacial score (nSPS) is 11.6. The van der Waals surface area contributed by atoms with Gasteiger partial charge in [0.25, 0.3) is 0 Å². The molecule has 14 heavy (non-hydrogen) atoms. The van der Waals surface area contributed by atoms with Crippen molar-refractivity contribution < 1.29 is 0 Å². The molecular formula is C13H19N. The van der Waals surface area contributed by atoms with Gasteiger partial charge in [-0.05, 0) is 61.7 Å². The van der Waals surface area contributed by atoms with Gasteiger partial charge in [0.1, 0.15) is 0 Å². The van der Waals surface area contributed by atoms with Gasteiger partial charge in [-0.2, -0.15) is 0 Å². The average Bonchev–Trinajstić information content (AvgIpc) is 2.13. The van der Waals surface area contributed by atoms with E-state index in [1.165, 1.54) is 27.8 Å². The molecule has 0 saturated heterocycles. The summed E-state index contributed by atoms with van der Waals surface area (Å²) >= 11 is 0. The van der Waals surface area contributed by atoms with E-state index in [0.29, 0.717) is 0 Å². The minimum atomic E-state index is 1.28. The van der Waals surface area contributed by atoms with Gasteiger partial charge in [0.2, 0.25) is 0 Å². The molecule has 0 unspecified atom stereocenters. The summed E-state index contributed by atoms with van der Waals surface area (Å²) in [7, 11) is 1.93. The lowest BCUT2D eigenvalue weighted by Crippen LogP contribution is -1.96. The van der Waals surface area contributed by atoms with Crippen LogP contribution in [0.5, 0.6) is 0 Å². The second-order valence-electron chi connectivity index (χ2n) is 3.85. The number of hydrogen-bond donors (Lipinski definition) is 1. The third kappa shape index (κ3) is 2.16. The first-order valence-corrected chi connectivity index (χ1v) is 4.98. The van der Waals surface area contributed by atoms with Gasteiger partial charge >= 0.3 is 0 Å². The number of nitrogens with one attached hydrogen (secondary N) is 1. The number of aryl methyl sites for hydroxylation is 2. The lowest BCUT2D eigenvalue weighted by molar-refractivity contribution is 1.10. The first kappa shape index (κ1) is 10.8. The van der Waals surface area contributed by atoms with Gasteiger partial charge < -0.3 is 5.32 Å². The van der Waals surface area contributed by atoms with Crippen LogP contribution in [0.15, 0.2) is 18.3 Å². The van der Waals surface area contributed by atoms with Gasteiger partial charge in [0.05, 0.1) is 0 Å². The first-order chi connectivity index (χ1) is 6.56. The molecule has 0 aliphatic rings. The molecule has 1 nitrogen and oxygen atoms in total. The maximum Gasteiger partial charge on any atom is 0.00278 e. The molecule has 0 radical (unpaired) electrons. The summed E-state index contributed by atoms with van der Waals surface area (Å²) in [4.78, 5) is 0. The Balaban J connectivity index is 3.19. The van der Waals surface area contributed by atoms with E-state index in [2.05, 4.69) is 45.1 Å². The number of allylic oxidation sites excluding steroid dienone is 1. The van der Waals surface area contributed by atoms with Gasteiger partial charge in [-0.15, -0.1) is 0 Å². The number of hydrogen-bond acceptors (Lipinski definition) is 1. The SMILES string of the molecule is CN/C=C(\C)c1cc(C)c(C)c(C)c1. The van der Waals surface area contributed by atoms with Gasteiger partial charge in [-0.3, -0.25) is 0 Å². The predicted octanol–water partition coefficient (Wildman–Crippen LogP) is 3.19. The van der Waals surface area contributed by atoms with Crippen molar-refractivity contribution in [2.75, 3.05) is 7.05 Å². The molecule has 0 fully saturated rings. The Bertz CT molecular complexity index is 338. The second kappa shape index (κ2) is 4.32. The van der Waals surface area contributed by atoms with E-state index >= 15 is 0 Å². The highest BCUT2D eigenvalue weighted by Crippen LogP contribution is 2.20. The van der Waals surface area contributed by atoms with Crippen molar-refractivity contribution in [2.45, 2.75) is 27.7 Å². The Morgan fingerprint density at radius 2 is 1.64 bits per heavy atom. The zero-order chi connectivity index (χ0) is 10.7. The van der Waals surface area contributed by atoms with Crippen LogP contribution in [0.1, 0.15) is 29.2 Å². The largest absolute Gasteiger partial charge is 0.394 e. The lowest BCUT2D eigenvalue weighted by atomic mass is 9.97. The van der Waals surface area contributed by atoms with Crippen molar-refractivity contribution in [3.8, 4) is 0 Å². The molecule has 1 heteroatoms. The summed E-state index contributed by atoms with van der Waals surface area (Å²) in [5.74, 6) is 0. The Kier molecular flexibility index (Phi) is 3.34. The van der Waals surface area contributed by atoms with Crippen molar-refractivity contribution in [1.82, 2.24) is 5.32 Å². The van der Waals surface area contributed by atoms with E-state index in [4.69, 9.17) is 0 Å². The van der Waals surface area contributed by atoms with E-state index in [1.54, 1.807) is 0 Å². The minimum absolute atomic E-state index is 1.28. The zero-order valence-corrected chi connectivity index (χ0v) is 9.73. The van der Waals surface area contributed by atoms with Crippen LogP contribution in [-0.4, -0.2) is 7.05 Å². The third-order valence-corrected chi connectivity index (χ3v) is 2.74. The molecule has 1 aromatic rings. The Hall–Kier alpha value is -1.24. The molecule has 0 aromatic heterocycles. The lowest BCUT2D eigenvalue weighted by Gasteiger charge is -2.09. The fourth-order valence-corrected chi connectivity index (χ4v) is 1.56. The van der Waals surface area contributed by atoms with Gasteiger partial charge in [0.15, 0.2) is 0 Å². The zero-order valence-electron chi connectivity index (χ0n) is 9.73. The molecule has 1 rings (SSSR count). The van der Waals surface area contributed by atoms with Crippen molar-refractivity contribution in [1.29, 1.82) is 0 Å². The van der Waals surface area contributed by atoms with E-state index < -0.39 is 0 Å². The standard InChI is InChI=1S/C13H19N/c1-9-6-13(11(3)8-14-5)7-10(2)12(9)4/h6-8,14H,1-5H3/b11-8+. The van der Waals surface area contributed by atoms with Gasteiger partial charge in [0, 0.05) is 7.05 Å². The maximum absolute atomic E-state index is 3.06. The summed E-state index contributed by atoms with van der Waals surface area (Å²) in [6.07, 6.45) is 2.03. The smallest absolute Gasteiger partial charge is 0.00278 e. The number of rotatable bonds is 2. The van der Waals surface area contributed by atoms with Crippen LogP contribution in [0.4, 0.5) is 0 Å². The summed E-state index contributed by atoms with van der Waals surface area (Å²) in [6.45, 7) is 8.63. The summed E-state index contributed by atoms with van der Waals surface area (Å²) < 4.78 is 0. The molecule has 1 aromatic carbocycles. The summed E-state index contributed by atoms with van der Waals surface area (Å²) in [5, 5.41) is 3.06. The Morgan fingerprint density at radius 3 is 2.07 bits per heavy atom. The fourth-order valence-electron chi connectivity index (χ4n) is 1.56. The highest BCUT2D eigenvalue weighted by atomic mass is 14.8. The van der Waals surface area contributed by atoms with Gasteiger partial charge in [-0.1, -0.05) is 12.1 Å². The van der Waals surface area contributed by atoms with Crippen molar-refractivity contribution in [3.05, 3.63) is 40.6 Å². The topological polar surface area (TPSA) is 12.0 Å². The first-order valence-electron chi connectivity index (χ1n) is 4.98. The van der Waals surface area contributed by atoms with Crippen LogP contribution in [0, 0.1) is 20.8 Å². The molecule has 76 valence electrons. The molecule has 1 N–H and O–H groups in total. The Labute approximate surface area is 86.8 Å². The molecule has 0 bridgehead atoms. The highest BCUT2D eigenvalue weighted by Gasteiger charge is 2.01. The maximum atomic E-state index is 3.06. The highest BCUT2D eigenvalue weighted by molar-refractivity contribution is 5.65. The molecule has 0 spiro atoms. The second-order valence-corrected chi connectivity index (χ2v) is 3.85. The quantitative estimate of drug-likeness (QED) is 0.753. The van der Waals surface area contributed by atoms with Crippen LogP contribution in [0.3, 0.4) is 0 Å². The van der Waals surface area contributed by atoms with E-state index in [-0.39, 0.29) is 0 Å². The molecule has 0 aliphatic carbocycles. The molecule has 0 aliphatic heterocycles. The molecular weight excluding hydrogens is 170 g/mol. The van der Waals surface area contributed by atoms with Crippen LogP contribution < -0.4 is 5.32 Å². The van der Waals surface area contributed by atoms with Crippen molar-refractivity contribution in [2.24, 2.45) is 0 Å². The minimum Gasteiger partial charge on any atom is -0.394 e. The van der Waals surface area contributed by atoms with E-state index in [1.807, 2.05) is 13.2 Å². The van der Waals surface area contributed by atoms with Crippen LogP contribution in [-0.2, 0) is 0 Å². The summed E-state index contributed by atoms with van der Waals surface area (Å²) in [6, 6.07) is 4.48. The third-order valence-electron chi connectivity index (χ3n) is 2.74. The molecule has 0 amide bonds. The van der Waals surface area contributed by atoms with Crippen molar-refractivity contribution in [3.63, 3.8) is 0 Å². The van der Waals surface area contributed by atoms with Crippen LogP contribution in [0.2, 0.25) is 0 Å². The number of benzene rings is 1. The molecule has 0 heterocycles. The van der Waals surface area contributed by atoms with E-state index in [0.717, 1.165) is 0 Å². The summed E-state index contributed by atoms with van der Waals surface area (Å²) in [5.41, 5.74) is 6.71. The van der Waals surface area contributed by atoms with Crippen LogP contribution >= 0.6 is 0 Å². The Morgan fingerprint density at radius 1 is 1.14 bits per heavy atom.